The first-order chi connectivity index (χ1) is 17.2. The standard InChI is InChI=1S/C28H28IN3O3S/c1-5-35-28(34)25-22-8-6-7-9-24(22)36-27(25)31-26(33)20(15-30)13-19-12-17(3)32(18(19)4)21-11-10-16(2)23(29)14-21/h10-14H,5-9H2,1-4H3,(H,31,33). The molecule has 1 aromatic carbocycles. The molecule has 0 bridgehead atoms. The summed E-state index contributed by atoms with van der Waals surface area (Å²) in [6, 6.07) is 10.3. The van der Waals surface area contributed by atoms with Crippen molar-refractivity contribution in [3.05, 3.63) is 71.9 Å². The number of aromatic nitrogens is 1. The third-order valence-electron chi connectivity index (χ3n) is 6.43. The van der Waals surface area contributed by atoms with E-state index >= 15 is 0 Å². The summed E-state index contributed by atoms with van der Waals surface area (Å²) in [5, 5.41) is 13.1. The van der Waals surface area contributed by atoms with Gasteiger partial charge in [0, 0.05) is 25.5 Å². The quantitative estimate of drug-likeness (QED) is 0.146. The number of halogens is 1. The molecule has 1 N–H and O–H groups in total. The van der Waals surface area contributed by atoms with Crippen LogP contribution in [0, 0.1) is 35.7 Å². The molecule has 6 nitrogen and oxygen atoms in total. The van der Waals surface area contributed by atoms with Gasteiger partial charge in [-0.15, -0.1) is 11.3 Å². The van der Waals surface area contributed by atoms with Crippen LogP contribution in [0.15, 0.2) is 29.8 Å². The third kappa shape index (κ3) is 5.13. The van der Waals surface area contributed by atoms with Gasteiger partial charge in [0.25, 0.3) is 5.91 Å². The van der Waals surface area contributed by atoms with Crippen LogP contribution in [0.5, 0.6) is 0 Å². The Labute approximate surface area is 229 Å². The number of thiophene rings is 1. The number of nitrogens with one attached hydrogen (secondary N) is 1. The lowest BCUT2D eigenvalue weighted by atomic mass is 9.95. The van der Waals surface area contributed by atoms with Crippen LogP contribution < -0.4 is 5.32 Å². The molecule has 2 heterocycles. The van der Waals surface area contributed by atoms with Crippen LogP contribution >= 0.6 is 33.9 Å². The van der Waals surface area contributed by atoms with Crippen LogP contribution in [0.25, 0.3) is 11.8 Å². The molecule has 0 spiro atoms. The number of fused-ring (bicyclic) bond motifs is 1. The number of carbonyl (C=O) groups is 2. The van der Waals surface area contributed by atoms with E-state index in [-0.39, 0.29) is 12.2 Å². The van der Waals surface area contributed by atoms with Crippen LogP contribution in [0.4, 0.5) is 5.00 Å². The van der Waals surface area contributed by atoms with E-state index in [0.29, 0.717) is 10.6 Å². The molecule has 4 rings (SSSR count). The summed E-state index contributed by atoms with van der Waals surface area (Å²) in [6.07, 6.45) is 5.35. The maximum Gasteiger partial charge on any atom is 0.341 e. The van der Waals surface area contributed by atoms with Gasteiger partial charge in [0.05, 0.1) is 12.2 Å². The van der Waals surface area contributed by atoms with Gasteiger partial charge in [0.1, 0.15) is 16.6 Å². The lowest BCUT2D eigenvalue weighted by molar-refractivity contribution is -0.112. The number of ether oxygens (including phenoxy) is 1. The highest BCUT2D eigenvalue weighted by Crippen LogP contribution is 2.39. The topological polar surface area (TPSA) is 84.1 Å². The third-order valence-corrected chi connectivity index (χ3v) is 8.80. The predicted octanol–water partition coefficient (Wildman–Crippen LogP) is 6.67. The van der Waals surface area contributed by atoms with Crippen molar-refractivity contribution in [3.63, 3.8) is 0 Å². The van der Waals surface area contributed by atoms with E-state index in [1.54, 1.807) is 13.0 Å². The number of nitrogens with zero attached hydrogens (tertiary/aromatic N) is 2. The summed E-state index contributed by atoms with van der Waals surface area (Å²) in [5.74, 6) is -0.956. The van der Waals surface area contributed by atoms with Crippen molar-refractivity contribution in [2.75, 3.05) is 11.9 Å². The zero-order chi connectivity index (χ0) is 26.0. The number of esters is 1. The molecule has 36 heavy (non-hydrogen) atoms. The Morgan fingerprint density at radius 1 is 1.22 bits per heavy atom. The van der Waals surface area contributed by atoms with E-state index in [4.69, 9.17) is 4.74 Å². The number of aryl methyl sites for hydroxylation is 3. The first-order valence-corrected chi connectivity index (χ1v) is 13.8. The molecule has 2 aromatic heterocycles. The van der Waals surface area contributed by atoms with E-state index in [0.717, 1.165) is 58.8 Å². The zero-order valence-corrected chi connectivity index (χ0v) is 23.8. The summed E-state index contributed by atoms with van der Waals surface area (Å²) < 4.78 is 8.57. The fourth-order valence-electron chi connectivity index (χ4n) is 4.60. The molecular weight excluding hydrogens is 585 g/mol. The van der Waals surface area contributed by atoms with Crippen molar-refractivity contribution in [3.8, 4) is 11.8 Å². The average Bonchev–Trinajstić information content (AvgIpc) is 3.35. The molecule has 1 aliphatic rings. The normalized spacial score (nSPS) is 13.2. The average molecular weight is 614 g/mol. The summed E-state index contributed by atoms with van der Waals surface area (Å²) in [4.78, 5) is 27.0. The van der Waals surface area contributed by atoms with Gasteiger partial charge in [-0.2, -0.15) is 5.26 Å². The van der Waals surface area contributed by atoms with Crippen molar-refractivity contribution in [2.45, 2.75) is 53.4 Å². The van der Waals surface area contributed by atoms with Crippen LogP contribution in [0.1, 0.15) is 63.1 Å². The number of amides is 1. The SMILES string of the molecule is CCOC(=O)c1c(NC(=O)C(C#N)=Cc2cc(C)n(-c3ccc(C)c(I)c3)c2C)sc2c1CCCC2. The smallest absolute Gasteiger partial charge is 0.341 e. The Bertz CT molecular complexity index is 1420. The summed E-state index contributed by atoms with van der Waals surface area (Å²) in [6.45, 7) is 8.08. The second-order valence-corrected chi connectivity index (χ2v) is 11.1. The summed E-state index contributed by atoms with van der Waals surface area (Å²) in [5.41, 5.74) is 6.38. The Kier molecular flexibility index (Phi) is 8.00. The van der Waals surface area contributed by atoms with E-state index in [2.05, 4.69) is 57.6 Å². The van der Waals surface area contributed by atoms with Crippen molar-refractivity contribution >= 4 is 56.9 Å². The minimum atomic E-state index is -0.531. The number of anilines is 1. The molecule has 1 aliphatic carbocycles. The Balaban J connectivity index is 1.67. The van der Waals surface area contributed by atoms with Crippen LogP contribution in [0.2, 0.25) is 0 Å². The minimum Gasteiger partial charge on any atom is -0.462 e. The Morgan fingerprint density at radius 2 is 1.97 bits per heavy atom. The number of carbonyl (C=O) groups excluding carboxylic acids is 2. The van der Waals surface area contributed by atoms with Gasteiger partial charge in [0.2, 0.25) is 0 Å². The Hall–Kier alpha value is -2.90. The lowest BCUT2D eigenvalue weighted by Gasteiger charge is -2.12. The monoisotopic (exact) mass is 613 g/mol. The van der Waals surface area contributed by atoms with Crippen molar-refractivity contribution in [1.29, 1.82) is 5.26 Å². The first kappa shape index (κ1) is 26.2. The number of benzene rings is 1. The predicted molar refractivity (Wildman–Crippen MR) is 152 cm³/mol. The second-order valence-electron chi connectivity index (χ2n) is 8.85. The van der Waals surface area contributed by atoms with Gasteiger partial charge in [-0.3, -0.25) is 4.79 Å². The molecular formula is C28H28IN3O3S. The van der Waals surface area contributed by atoms with Gasteiger partial charge in [0.15, 0.2) is 0 Å². The molecule has 0 unspecified atom stereocenters. The molecule has 0 radical (unpaired) electrons. The van der Waals surface area contributed by atoms with Gasteiger partial charge < -0.3 is 14.6 Å². The Morgan fingerprint density at radius 3 is 2.67 bits per heavy atom. The minimum absolute atomic E-state index is 0.0186. The zero-order valence-electron chi connectivity index (χ0n) is 20.8. The van der Waals surface area contributed by atoms with Crippen LogP contribution in [-0.2, 0) is 22.4 Å². The van der Waals surface area contributed by atoms with E-state index in [9.17, 15) is 14.9 Å². The van der Waals surface area contributed by atoms with E-state index < -0.39 is 11.9 Å². The number of rotatable bonds is 6. The number of nitriles is 1. The lowest BCUT2D eigenvalue weighted by Crippen LogP contribution is -2.16. The van der Waals surface area contributed by atoms with Gasteiger partial charge >= 0.3 is 5.97 Å². The van der Waals surface area contributed by atoms with Crippen molar-refractivity contribution in [1.82, 2.24) is 4.57 Å². The molecule has 0 saturated carbocycles. The first-order valence-electron chi connectivity index (χ1n) is 11.9. The van der Waals surface area contributed by atoms with Crippen molar-refractivity contribution in [2.24, 2.45) is 0 Å². The maximum absolute atomic E-state index is 13.2. The molecule has 0 fully saturated rings. The fraction of sp³-hybridized carbons (Fsp3) is 0.321. The largest absolute Gasteiger partial charge is 0.462 e. The molecule has 0 aliphatic heterocycles. The second kappa shape index (κ2) is 11.0. The highest BCUT2D eigenvalue weighted by molar-refractivity contribution is 14.1. The van der Waals surface area contributed by atoms with E-state index in [1.165, 1.54) is 20.5 Å². The molecule has 186 valence electrons. The molecule has 3 aromatic rings. The molecule has 0 saturated heterocycles. The van der Waals surface area contributed by atoms with Gasteiger partial charge in [-0.25, -0.2) is 4.79 Å². The fourth-order valence-corrected chi connectivity index (χ4v) is 6.37. The number of hydrogen-bond acceptors (Lipinski definition) is 5. The summed E-state index contributed by atoms with van der Waals surface area (Å²) in [7, 11) is 0. The highest BCUT2D eigenvalue weighted by Gasteiger charge is 2.28. The molecule has 1 amide bonds. The van der Waals surface area contributed by atoms with Crippen LogP contribution in [0.3, 0.4) is 0 Å². The maximum atomic E-state index is 13.2. The molecule has 0 atom stereocenters. The van der Waals surface area contributed by atoms with Gasteiger partial charge in [-0.1, -0.05) is 6.07 Å². The van der Waals surface area contributed by atoms with E-state index in [1.807, 2.05) is 26.0 Å². The van der Waals surface area contributed by atoms with Gasteiger partial charge in [-0.05, 0) is 117 Å². The highest BCUT2D eigenvalue weighted by atomic mass is 127. The van der Waals surface area contributed by atoms with Crippen molar-refractivity contribution < 1.29 is 14.3 Å². The number of hydrogen-bond donors (Lipinski definition) is 1. The van der Waals surface area contributed by atoms with Crippen LogP contribution in [-0.4, -0.2) is 23.1 Å². The molecule has 8 heteroatoms. The summed E-state index contributed by atoms with van der Waals surface area (Å²) >= 11 is 3.74.